The fourth-order valence-electron chi connectivity index (χ4n) is 9.66. The number of aliphatic hydroxyl groups is 2. The van der Waals surface area contributed by atoms with E-state index in [4.69, 9.17) is 81.4 Å². The van der Waals surface area contributed by atoms with E-state index in [-0.39, 0.29) is 174 Å². The molecule has 4 aromatic heterocycles. The summed E-state index contributed by atoms with van der Waals surface area (Å²) in [4.78, 5) is 47.8. The summed E-state index contributed by atoms with van der Waals surface area (Å²) in [6.07, 6.45) is 7.62. The molecular weight excluding hydrogens is 1910 g/mol. The van der Waals surface area contributed by atoms with Crippen molar-refractivity contribution < 1.29 is 186 Å². The Kier molecular flexibility index (Phi) is 67.4. The molecule has 0 aliphatic carbocycles. The maximum atomic E-state index is 10.8. The number of halogens is 9. The minimum absolute atomic E-state index is 0. The van der Waals surface area contributed by atoms with Crippen LogP contribution < -0.4 is 153 Å². The number of carbonyl (C=O) groups excluding carboxylic acids is 2. The van der Waals surface area contributed by atoms with Gasteiger partial charge in [-0.2, -0.15) is 24.2 Å². The number of nitrogens with one attached hydrogen (secondary N) is 1. The third-order valence-electron chi connectivity index (χ3n) is 14.8. The SMILES string of the molecule is CC#N.CC(=O)c1ccc(Br)cn1.CC(O)c1ccc(Br)cn1.CC(OS(C)(=O)=O)c1ccc(Br)cn1.CC(c1ccc(Br)cn1)N1CCN(c2ccc(C#N)cc2Cl)[C@H](c2ccc(Cl)cc2)C1.CCN(CC)CC.CO.CS(=O)(=O)Cl.N#Cc1ccc(N2CCNC[C@H]2c2ccc(Cl)cc2)c(Cl)c1.O=CO[O-].[B].[H-].[H-].[K+].[K+].[Na+]. The van der Waals surface area contributed by atoms with Crippen LogP contribution in [0.5, 0.6) is 0 Å². The second kappa shape index (κ2) is 64.9. The number of Topliss-reactive ketones (excluding diaryl/α,β-unsaturated/α-hetero) is 1. The number of hydrogen-bond acceptors (Lipinski definition) is 23. The Hall–Kier alpha value is -1.98. The van der Waals surface area contributed by atoms with Crippen LogP contribution in [0.1, 0.15) is 138 Å². The monoisotopic (exact) mass is 1990 g/mol. The van der Waals surface area contributed by atoms with Gasteiger partial charge in [-0.25, -0.2) is 8.42 Å². The first-order valence-corrected chi connectivity index (χ1v) is 41.8. The molecule has 3 N–H and O–H groups in total. The van der Waals surface area contributed by atoms with E-state index in [1.807, 2.05) is 79.0 Å². The Morgan fingerprint density at radius 1 is 0.661 bits per heavy atom. The van der Waals surface area contributed by atoms with Crippen LogP contribution in [0.15, 0.2) is 176 Å². The Morgan fingerprint density at radius 3 is 1.36 bits per heavy atom. The molecule has 6 heterocycles. The number of ketones is 1. The van der Waals surface area contributed by atoms with Crippen LogP contribution in [-0.2, 0) is 33.0 Å². The molecule has 0 spiro atoms. The molecule has 3 unspecified atom stereocenters. The van der Waals surface area contributed by atoms with Crippen LogP contribution in [0.25, 0.3) is 0 Å². The molecule has 0 saturated carbocycles. The van der Waals surface area contributed by atoms with Gasteiger partial charge in [0.25, 0.3) is 16.6 Å². The molecule has 112 heavy (non-hydrogen) atoms. The zero-order valence-corrected chi connectivity index (χ0v) is 84.6. The van der Waals surface area contributed by atoms with E-state index in [0.717, 1.165) is 98.9 Å². The van der Waals surface area contributed by atoms with Gasteiger partial charge in [-0.05, 0) is 224 Å². The van der Waals surface area contributed by atoms with Crippen LogP contribution in [0.3, 0.4) is 0 Å². The molecule has 8 aromatic rings. The Labute approximate surface area is 830 Å². The van der Waals surface area contributed by atoms with Gasteiger partial charge in [0.2, 0.25) is 9.05 Å². The van der Waals surface area contributed by atoms with Crippen LogP contribution in [0.4, 0.5) is 11.4 Å². The number of anilines is 2. The van der Waals surface area contributed by atoms with E-state index in [0.29, 0.717) is 43.3 Å². The molecule has 2 aliphatic heterocycles. The summed E-state index contributed by atoms with van der Waals surface area (Å²) < 4.78 is 48.8. The quantitative estimate of drug-likeness (QED) is 0.0171. The zero-order chi connectivity index (χ0) is 81.7. The summed E-state index contributed by atoms with van der Waals surface area (Å²) in [6, 6.07) is 48.0. The normalized spacial score (nSPS) is 13.7. The number of nitriles is 3. The van der Waals surface area contributed by atoms with Crippen LogP contribution in [0.2, 0.25) is 20.1 Å². The summed E-state index contributed by atoms with van der Waals surface area (Å²) in [6.45, 7) is 23.5. The van der Waals surface area contributed by atoms with Gasteiger partial charge >= 0.3 is 132 Å². The Bertz CT molecular complexity index is 4350. The average Bonchev–Trinajstić information content (AvgIpc) is 0.789. The smallest absolute Gasteiger partial charge is 1.00 e. The van der Waals surface area contributed by atoms with Crippen molar-refractivity contribution in [3.05, 3.63) is 241 Å². The minimum Gasteiger partial charge on any atom is -1.00 e. The number of nitrogens with zero attached hydrogens (tertiary/aromatic N) is 11. The summed E-state index contributed by atoms with van der Waals surface area (Å²) in [7, 11) is -1.13. The van der Waals surface area contributed by atoms with Crippen molar-refractivity contribution in [1.29, 1.82) is 15.8 Å². The fraction of sp³-hybridized carbons (Fsp3) is 0.338. The number of piperazine rings is 2. The molecule has 38 heteroatoms. The van der Waals surface area contributed by atoms with Gasteiger partial charge in [0, 0.05) is 138 Å². The number of carbonyl (C=O) groups is 2. The fourth-order valence-corrected chi connectivity index (χ4v) is 12.0. The number of aliphatic hydroxyl groups excluding tert-OH is 2. The van der Waals surface area contributed by atoms with Gasteiger partial charge in [0.15, 0.2) is 5.78 Å². The Morgan fingerprint density at radius 2 is 1.04 bits per heavy atom. The molecule has 2 aliphatic rings. The van der Waals surface area contributed by atoms with Gasteiger partial charge in [0.05, 0.1) is 98.5 Å². The van der Waals surface area contributed by atoms with Crippen molar-refractivity contribution in [1.82, 2.24) is 35.1 Å². The molecule has 4 aromatic carbocycles. The van der Waals surface area contributed by atoms with Crippen molar-refractivity contribution in [3.63, 3.8) is 0 Å². The molecule has 2 saturated heterocycles. The second-order valence-electron chi connectivity index (χ2n) is 22.4. The van der Waals surface area contributed by atoms with Crippen LogP contribution >= 0.6 is 121 Å². The predicted octanol–water partition coefficient (Wildman–Crippen LogP) is 7.45. The van der Waals surface area contributed by atoms with Gasteiger partial charge in [-0.1, -0.05) is 91.4 Å². The van der Waals surface area contributed by atoms with Crippen molar-refractivity contribution in [2.75, 3.05) is 88.3 Å². The number of benzene rings is 4. The van der Waals surface area contributed by atoms with E-state index in [1.165, 1.54) is 44.6 Å². The minimum atomic E-state index is -3.43. The standard InChI is InChI=1S/C24H21BrCl2N4.C17H15Cl2N3.C8H10BrNO3S.C7H8BrNO.C7H6BrNO.C6H15N.C2H3N.CH3ClO2S.CH2O3.CH4O.B.2K.Na.2H/c1-16(22-8-5-19(25)14-29-22)30-10-11-31(23-9-2-17(13-28)12-21(23)27)24(15-30)18-3-6-20(26)7-4-18;18-14-4-2-13(3-5-14)17-11-21-7-8-22(17)16-6-1-12(10-20)9-15(16)19;1-6(13-14(2,11)12)8-4-3-7(9)5-10-8;2*1-5(10)7-3-2-6(8)4-9-7;1-4-7(5-2)6-3;1-2-3;1-5(2,3)4;2-1-4-3;1-2;;;;;;/h2-9,12,14,16,24H,10-11,15H2,1H3;1-6,9,17,21H,7-8,11H2;3-6H,1-2H3;2-5,10H,1H3;2-4H,1H3;4-6H2,1-3H3;1H3;1H3;1,3H;2H,1H3;;;;;;/q;;;;;;;;;;;3*+1;2*-1/p-1/t16?,24-;17-;;;;;;;;;;;;;;/m00............../s1. The maximum Gasteiger partial charge on any atom is 1.00 e. The average molecular weight is 1990 g/mol. The number of hydrogen-bond donors (Lipinski definition) is 3. The number of pyridine rings is 4. The molecular formula is C74H88BBr4Cl5K2N12NaO11S2. The maximum absolute atomic E-state index is 10.8. The molecule has 23 nitrogen and oxygen atoms in total. The topological polar surface area (TPSA) is 332 Å². The number of rotatable bonds is 15. The third-order valence-corrected chi connectivity index (χ3v) is 18.4. The molecule has 2 fully saturated rings. The first-order valence-electron chi connectivity index (χ1n) is 32.6. The molecule has 10 rings (SSSR count). The van der Waals surface area contributed by atoms with Gasteiger partial charge in [0.1, 0.15) is 11.8 Å². The first-order chi connectivity index (χ1) is 51.1. The summed E-state index contributed by atoms with van der Waals surface area (Å²) in [5.74, 6) is -0.00694. The van der Waals surface area contributed by atoms with Crippen LogP contribution in [-0.4, -0.2) is 156 Å². The van der Waals surface area contributed by atoms with Crippen molar-refractivity contribution >= 4 is 172 Å². The van der Waals surface area contributed by atoms with Gasteiger partial charge in [-0.3, -0.25) is 38.6 Å². The van der Waals surface area contributed by atoms with E-state index in [9.17, 15) is 26.9 Å². The van der Waals surface area contributed by atoms with E-state index in [1.54, 1.807) is 81.0 Å². The third kappa shape index (κ3) is 48.3. The molecule has 591 valence electrons. The van der Waals surface area contributed by atoms with Crippen molar-refractivity contribution in [2.24, 2.45) is 0 Å². The molecule has 0 bridgehead atoms. The van der Waals surface area contributed by atoms with E-state index < -0.39 is 31.4 Å². The molecule has 0 amide bonds. The van der Waals surface area contributed by atoms with Crippen molar-refractivity contribution in [3.8, 4) is 18.2 Å². The number of aromatic nitrogens is 4. The Balaban J connectivity index is -0.000000310. The predicted molar refractivity (Wildman–Crippen MR) is 450 cm³/mol. The van der Waals surface area contributed by atoms with Gasteiger partial charge in [-0.15, -0.1) is 0 Å². The molecule has 5 atom stereocenters. The van der Waals surface area contributed by atoms with E-state index >= 15 is 0 Å². The second-order valence-corrected chi connectivity index (χ2v) is 32.4. The van der Waals surface area contributed by atoms with Crippen molar-refractivity contribution in [2.45, 2.75) is 85.7 Å². The first kappa shape index (κ1) is 116. The summed E-state index contributed by atoms with van der Waals surface area (Å²) in [5, 5.41) is 56.0. The summed E-state index contributed by atoms with van der Waals surface area (Å²) in [5.41, 5.74) is 8.23. The summed E-state index contributed by atoms with van der Waals surface area (Å²) >= 11 is 38.3. The zero-order valence-electron chi connectivity index (χ0n) is 66.6. The largest absolute Gasteiger partial charge is 1.00 e. The van der Waals surface area contributed by atoms with Gasteiger partial charge < -0.3 is 43.2 Å². The molecule has 3 radical (unpaired) electrons. The van der Waals surface area contributed by atoms with E-state index in [2.05, 4.69) is 182 Å². The van der Waals surface area contributed by atoms with Crippen LogP contribution in [0, 0.1) is 34.0 Å².